The van der Waals surface area contributed by atoms with Crippen LogP contribution >= 0.6 is 0 Å². The molecule has 0 aromatic heterocycles. The predicted octanol–water partition coefficient (Wildman–Crippen LogP) is 3.58. The van der Waals surface area contributed by atoms with Crippen molar-refractivity contribution in [1.82, 2.24) is 4.90 Å². The molecule has 0 aromatic rings. The summed E-state index contributed by atoms with van der Waals surface area (Å²) in [6.07, 6.45) is 7.37. The summed E-state index contributed by atoms with van der Waals surface area (Å²) in [5.41, 5.74) is -0.376. The van der Waals surface area contributed by atoms with Crippen molar-refractivity contribution in [3.8, 4) is 0 Å². The van der Waals surface area contributed by atoms with Gasteiger partial charge in [0.15, 0.2) is 0 Å². The molecular weight excluding hydrogens is 214 g/mol. The Morgan fingerprint density at radius 2 is 1.88 bits per heavy atom. The van der Waals surface area contributed by atoms with Crippen molar-refractivity contribution in [2.24, 2.45) is 5.92 Å². The predicted molar refractivity (Wildman–Crippen MR) is 67.9 cm³/mol. The molecule has 98 valence electrons. The summed E-state index contributed by atoms with van der Waals surface area (Å²) < 4.78 is 5.50. The van der Waals surface area contributed by atoms with Crippen LogP contribution in [0.4, 0.5) is 4.79 Å². The summed E-state index contributed by atoms with van der Waals surface area (Å²) >= 11 is 0. The van der Waals surface area contributed by atoms with Gasteiger partial charge in [-0.1, -0.05) is 19.3 Å². The number of ether oxygens (including phenoxy) is 1. The molecule has 2 rings (SSSR count). The smallest absolute Gasteiger partial charge is 0.410 e. The van der Waals surface area contributed by atoms with Gasteiger partial charge in [-0.15, -0.1) is 0 Å². The Morgan fingerprint density at radius 3 is 2.59 bits per heavy atom. The minimum Gasteiger partial charge on any atom is -0.444 e. The van der Waals surface area contributed by atoms with Crippen LogP contribution in [0.25, 0.3) is 0 Å². The number of rotatable bonds is 0. The highest BCUT2D eigenvalue weighted by atomic mass is 16.6. The number of carbonyl (C=O) groups excluding carboxylic acids is 1. The number of hydrogen-bond acceptors (Lipinski definition) is 2. The van der Waals surface area contributed by atoms with Gasteiger partial charge < -0.3 is 9.64 Å². The molecule has 3 nitrogen and oxygen atoms in total. The SMILES string of the molecule is CC(C)(C)OC(=O)N1CC[C@H]2CCCC[C@@H]1C2. The largest absolute Gasteiger partial charge is 0.444 e. The molecule has 2 bridgehead atoms. The molecule has 2 atom stereocenters. The summed E-state index contributed by atoms with van der Waals surface area (Å²) in [4.78, 5) is 14.1. The number of nitrogens with zero attached hydrogens (tertiary/aromatic N) is 1. The van der Waals surface area contributed by atoms with Crippen LogP contribution in [0.2, 0.25) is 0 Å². The van der Waals surface area contributed by atoms with Crippen LogP contribution in [0, 0.1) is 5.92 Å². The van der Waals surface area contributed by atoms with Crippen LogP contribution in [0.1, 0.15) is 59.3 Å². The third-order valence-electron chi connectivity index (χ3n) is 3.85. The Kier molecular flexibility index (Phi) is 3.64. The molecule has 1 heterocycles. The average Bonchev–Trinajstić information content (AvgIpc) is 2.38. The van der Waals surface area contributed by atoms with Gasteiger partial charge in [0.1, 0.15) is 5.60 Å². The minimum atomic E-state index is -0.376. The average molecular weight is 239 g/mol. The molecule has 0 N–H and O–H groups in total. The normalized spacial score (nSPS) is 29.7. The zero-order chi connectivity index (χ0) is 12.5. The zero-order valence-electron chi connectivity index (χ0n) is 11.4. The molecule has 2 aliphatic rings. The molecule has 3 heteroatoms. The topological polar surface area (TPSA) is 29.5 Å². The van der Waals surface area contributed by atoms with E-state index in [0.29, 0.717) is 6.04 Å². The first-order valence-electron chi connectivity index (χ1n) is 6.95. The molecule has 17 heavy (non-hydrogen) atoms. The van der Waals surface area contributed by atoms with Crippen molar-refractivity contribution in [3.05, 3.63) is 0 Å². The molecule has 0 aromatic carbocycles. The second kappa shape index (κ2) is 4.87. The fourth-order valence-electron chi connectivity index (χ4n) is 3.04. The van der Waals surface area contributed by atoms with Crippen molar-refractivity contribution in [2.45, 2.75) is 70.9 Å². The van der Waals surface area contributed by atoms with Crippen LogP contribution in [-0.4, -0.2) is 29.2 Å². The van der Waals surface area contributed by atoms with Gasteiger partial charge in [0.25, 0.3) is 0 Å². The third-order valence-corrected chi connectivity index (χ3v) is 3.85. The number of fused-ring (bicyclic) bond motifs is 2. The third kappa shape index (κ3) is 3.36. The first kappa shape index (κ1) is 12.7. The molecule has 0 spiro atoms. The molecule has 1 amide bonds. The highest BCUT2D eigenvalue weighted by Gasteiger charge is 2.34. The monoisotopic (exact) mass is 239 g/mol. The van der Waals surface area contributed by atoms with Gasteiger partial charge in [-0.25, -0.2) is 4.79 Å². The van der Waals surface area contributed by atoms with E-state index in [4.69, 9.17) is 4.74 Å². The first-order chi connectivity index (χ1) is 7.96. The van der Waals surface area contributed by atoms with Crippen molar-refractivity contribution in [3.63, 3.8) is 0 Å². The van der Waals surface area contributed by atoms with Crippen molar-refractivity contribution >= 4 is 6.09 Å². The van der Waals surface area contributed by atoms with Gasteiger partial charge in [-0.3, -0.25) is 0 Å². The number of likely N-dealkylation sites (tertiary alicyclic amines) is 1. The van der Waals surface area contributed by atoms with Crippen molar-refractivity contribution in [2.75, 3.05) is 6.54 Å². The minimum absolute atomic E-state index is 0.108. The Hall–Kier alpha value is -0.730. The van der Waals surface area contributed by atoms with Gasteiger partial charge in [-0.2, -0.15) is 0 Å². The second-order valence-corrected chi connectivity index (χ2v) is 6.50. The van der Waals surface area contributed by atoms with Crippen LogP contribution in [0.5, 0.6) is 0 Å². The lowest BCUT2D eigenvalue weighted by molar-refractivity contribution is 0.00501. The summed E-state index contributed by atoms with van der Waals surface area (Å²) in [7, 11) is 0. The summed E-state index contributed by atoms with van der Waals surface area (Å²) in [6, 6.07) is 0.436. The van der Waals surface area contributed by atoms with Gasteiger partial charge in [0, 0.05) is 12.6 Å². The summed E-state index contributed by atoms with van der Waals surface area (Å²) in [5, 5.41) is 0. The van der Waals surface area contributed by atoms with E-state index in [0.717, 1.165) is 25.3 Å². The number of amides is 1. The number of carbonyl (C=O) groups is 1. The van der Waals surface area contributed by atoms with Crippen LogP contribution < -0.4 is 0 Å². The van der Waals surface area contributed by atoms with Gasteiger partial charge >= 0.3 is 6.09 Å². The Morgan fingerprint density at radius 1 is 1.18 bits per heavy atom. The van der Waals surface area contributed by atoms with Gasteiger partial charge in [0.05, 0.1) is 0 Å². The Balaban J connectivity index is 1.98. The van der Waals surface area contributed by atoms with E-state index in [-0.39, 0.29) is 11.7 Å². The van der Waals surface area contributed by atoms with Crippen molar-refractivity contribution < 1.29 is 9.53 Å². The van der Waals surface area contributed by atoms with E-state index in [1.54, 1.807) is 0 Å². The maximum Gasteiger partial charge on any atom is 0.410 e. The number of piperidine rings is 1. The molecule has 0 unspecified atom stereocenters. The van der Waals surface area contributed by atoms with E-state index in [1.807, 2.05) is 25.7 Å². The maximum atomic E-state index is 12.1. The number of hydrogen-bond donors (Lipinski definition) is 0. The quantitative estimate of drug-likeness (QED) is 0.646. The lowest BCUT2D eigenvalue weighted by Crippen LogP contribution is -2.47. The molecular formula is C14H25NO2. The summed E-state index contributed by atoms with van der Waals surface area (Å²) in [5.74, 6) is 0.848. The lowest BCUT2D eigenvalue weighted by atomic mass is 9.90. The molecule has 0 radical (unpaired) electrons. The first-order valence-corrected chi connectivity index (χ1v) is 6.95. The Bertz CT molecular complexity index is 282. The zero-order valence-corrected chi connectivity index (χ0v) is 11.4. The summed E-state index contributed by atoms with van der Waals surface area (Å²) in [6.45, 7) is 6.70. The highest BCUT2D eigenvalue weighted by Crippen LogP contribution is 2.33. The standard InChI is InChI=1S/C14H25NO2/c1-14(2,3)17-13(16)15-9-8-11-6-4-5-7-12(15)10-11/h11-12H,4-10H2,1-3H3/t11-,12-/m1/s1. The molecule has 1 aliphatic heterocycles. The molecule has 1 aliphatic carbocycles. The van der Waals surface area contributed by atoms with Crippen molar-refractivity contribution in [1.29, 1.82) is 0 Å². The molecule has 1 saturated carbocycles. The van der Waals surface area contributed by atoms with Gasteiger partial charge in [0.2, 0.25) is 0 Å². The molecule has 1 saturated heterocycles. The molecule has 2 fully saturated rings. The fraction of sp³-hybridized carbons (Fsp3) is 0.929. The van der Waals surface area contributed by atoms with E-state index < -0.39 is 0 Å². The van der Waals surface area contributed by atoms with Crippen LogP contribution in [0.15, 0.2) is 0 Å². The van der Waals surface area contributed by atoms with Crippen LogP contribution in [-0.2, 0) is 4.74 Å². The highest BCUT2D eigenvalue weighted by molar-refractivity contribution is 5.68. The maximum absolute atomic E-state index is 12.1. The van der Waals surface area contributed by atoms with E-state index in [2.05, 4.69) is 0 Å². The Labute approximate surface area is 105 Å². The lowest BCUT2D eigenvalue weighted by Gasteiger charge is -2.38. The second-order valence-electron chi connectivity index (χ2n) is 6.50. The van der Waals surface area contributed by atoms with Crippen LogP contribution in [0.3, 0.4) is 0 Å². The van der Waals surface area contributed by atoms with E-state index in [9.17, 15) is 4.79 Å². The van der Waals surface area contributed by atoms with Gasteiger partial charge in [-0.05, 0) is 46.0 Å². The fourth-order valence-corrected chi connectivity index (χ4v) is 3.04. The van der Waals surface area contributed by atoms with E-state index in [1.165, 1.54) is 25.7 Å². The van der Waals surface area contributed by atoms with E-state index >= 15 is 0 Å².